The number of ether oxygens (including phenoxy) is 1. The van der Waals surface area contributed by atoms with Gasteiger partial charge in [0.25, 0.3) is 5.69 Å². The average Bonchev–Trinajstić information content (AvgIpc) is 2.46. The van der Waals surface area contributed by atoms with Crippen molar-refractivity contribution in [3.8, 4) is 5.75 Å². The Bertz CT molecular complexity index is 677. The molecule has 0 amide bonds. The molecule has 5 heteroatoms. The number of non-ortho nitro benzene ring substituents is 1. The van der Waals surface area contributed by atoms with E-state index in [0.29, 0.717) is 12.0 Å². The van der Waals surface area contributed by atoms with E-state index in [9.17, 15) is 10.1 Å². The van der Waals surface area contributed by atoms with Crippen LogP contribution in [0.15, 0.2) is 36.4 Å². The van der Waals surface area contributed by atoms with Crippen LogP contribution in [0.2, 0.25) is 0 Å². The maximum absolute atomic E-state index is 11.1. The summed E-state index contributed by atoms with van der Waals surface area (Å²) in [6, 6.07) is 10.6. The smallest absolute Gasteiger partial charge is 0.277 e. The Morgan fingerprint density at radius 2 is 1.90 bits per heavy atom. The molecule has 0 unspecified atom stereocenters. The Morgan fingerprint density at radius 3 is 2.48 bits per heavy atom. The van der Waals surface area contributed by atoms with Gasteiger partial charge in [-0.1, -0.05) is 40.5 Å². The summed E-state index contributed by atoms with van der Waals surface area (Å²) < 4.78 is 6.00. The van der Waals surface area contributed by atoms with Crippen molar-refractivity contribution in [3.63, 3.8) is 0 Å². The minimum absolute atomic E-state index is 0.122. The van der Waals surface area contributed by atoms with Crippen LogP contribution in [0.25, 0.3) is 10.8 Å². The molecule has 0 radical (unpaired) electrons. The van der Waals surface area contributed by atoms with Gasteiger partial charge in [0.1, 0.15) is 5.75 Å². The fraction of sp³-hybridized carbons (Fsp3) is 0.375. The van der Waals surface area contributed by atoms with Crippen molar-refractivity contribution in [3.05, 3.63) is 46.5 Å². The number of nitro benzene ring substituents is 1. The molecule has 0 aliphatic heterocycles. The number of alkyl halides is 1. The number of nitrogens with zero attached hydrogens (tertiary/aromatic N) is 1. The zero-order valence-corrected chi connectivity index (χ0v) is 13.1. The Morgan fingerprint density at radius 1 is 1.19 bits per heavy atom. The number of hydrogen-bond acceptors (Lipinski definition) is 3. The van der Waals surface area contributed by atoms with Crippen LogP contribution in [0, 0.1) is 15.5 Å². The summed E-state index contributed by atoms with van der Waals surface area (Å²) in [6.07, 6.45) is 3.59. The molecule has 1 saturated carbocycles. The lowest BCUT2D eigenvalue weighted by Crippen LogP contribution is -2.37. The Hall–Kier alpha value is -1.62. The largest absolute Gasteiger partial charge is 0.492 e. The normalized spacial score (nSPS) is 16.4. The lowest BCUT2D eigenvalue weighted by molar-refractivity contribution is -0.383. The highest BCUT2D eigenvalue weighted by molar-refractivity contribution is 9.09. The van der Waals surface area contributed by atoms with E-state index in [1.165, 1.54) is 25.3 Å². The van der Waals surface area contributed by atoms with E-state index in [4.69, 9.17) is 4.74 Å². The zero-order chi connectivity index (χ0) is 14.9. The fourth-order valence-corrected chi connectivity index (χ4v) is 3.49. The first kappa shape index (κ1) is 14.3. The molecule has 0 saturated heterocycles. The van der Waals surface area contributed by atoms with Gasteiger partial charge in [0.2, 0.25) is 0 Å². The number of benzene rings is 2. The maximum Gasteiger partial charge on any atom is 0.277 e. The summed E-state index contributed by atoms with van der Waals surface area (Å²) >= 11 is 3.57. The second-order valence-corrected chi connectivity index (χ2v) is 6.22. The molecule has 0 heterocycles. The molecule has 0 spiro atoms. The van der Waals surface area contributed by atoms with Gasteiger partial charge in [-0.25, -0.2) is 0 Å². The lowest BCUT2D eigenvalue weighted by Gasteiger charge is -2.40. The second-order valence-electron chi connectivity index (χ2n) is 5.66. The van der Waals surface area contributed by atoms with Gasteiger partial charge in [-0.15, -0.1) is 0 Å². The molecule has 1 aliphatic carbocycles. The van der Waals surface area contributed by atoms with E-state index >= 15 is 0 Å². The SMILES string of the molecule is O=[N+]([O-])c1ccc(OCC2(CBr)CCC2)c2ccccc12. The molecule has 0 aromatic heterocycles. The third-order valence-corrected chi connectivity index (χ3v) is 5.48. The van der Waals surface area contributed by atoms with Crippen molar-refractivity contribution >= 4 is 32.4 Å². The quantitative estimate of drug-likeness (QED) is 0.446. The van der Waals surface area contributed by atoms with Crippen molar-refractivity contribution in [2.45, 2.75) is 19.3 Å². The Balaban J connectivity index is 1.93. The number of rotatable bonds is 5. The van der Waals surface area contributed by atoms with Crippen molar-refractivity contribution in [1.82, 2.24) is 0 Å². The third kappa shape index (κ3) is 2.62. The zero-order valence-electron chi connectivity index (χ0n) is 11.5. The molecule has 1 fully saturated rings. The minimum Gasteiger partial charge on any atom is -0.492 e. The number of fused-ring (bicyclic) bond motifs is 1. The van der Waals surface area contributed by atoms with Gasteiger partial charge in [-0.3, -0.25) is 10.1 Å². The molecular formula is C16H16BrNO3. The summed E-state index contributed by atoms with van der Waals surface area (Å²) in [5.41, 5.74) is 0.347. The van der Waals surface area contributed by atoms with E-state index in [1.54, 1.807) is 12.1 Å². The van der Waals surface area contributed by atoms with Crippen LogP contribution in [0.1, 0.15) is 19.3 Å². The van der Waals surface area contributed by atoms with Gasteiger partial charge in [0, 0.05) is 22.2 Å². The van der Waals surface area contributed by atoms with Gasteiger partial charge in [-0.05, 0) is 25.0 Å². The van der Waals surface area contributed by atoms with Crippen LogP contribution >= 0.6 is 15.9 Å². The molecule has 21 heavy (non-hydrogen) atoms. The number of nitro groups is 1. The second kappa shape index (κ2) is 5.64. The molecule has 1 aliphatic rings. The summed E-state index contributed by atoms with van der Waals surface area (Å²) in [7, 11) is 0. The van der Waals surface area contributed by atoms with Crippen LogP contribution < -0.4 is 4.74 Å². The van der Waals surface area contributed by atoms with Crippen LogP contribution in [-0.4, -0.2) is 16.9 Å². The Kier molecular flexibility index (Phi) is 3.85. The number of halogens is 1. The fourth-order valence-electron chi connectivity index (χ4n) is 2.76. The molecular weight excluding hydrogens is 334 g/mol. The van der Waals surface area contributed by atoms with Crippen LogP contribution in [0.4, 0.5) is 5.69 Å². The highest BCUT2D eigenvalue weighted by Crippen LogP contribution is 2.43. The molecule has 2 aromatic rings. The van der Waals surface area contributed by atoms with Gasteiger partial charge in [-0.2, -0.15) is 0 Å². The topological polar surface area (TPSA) is 52.4 Å². The molecule has 4 nitrogen and oxygen atoms in total. The van der Waals surface area contributed by atoms with Crippen molar-refractivity contribution in [2.24, 2.45) is 5.41 Å². The van der Waals surface area contributed by atoms with Gasteiger partial charge >= 0.3 is 0 Å². The van der Waals surface area contributed by atoms with Crippen LogP contribution in [0.3, 0.4) is 0 Å². The van der Waals surface area contributed by atoms with E-state index < -0.39 is 0 Å². The first-order valence-corrected chi connectivity index (χ1v) is 8.12. The molecule has 0 bridgehead atoms. The predicted molar refractivity (Wildman–Crippen MR) is 86.2 cm³/mol. The van der Waals surface area contributed by atoms with Gasteiger partial charge < -0.3 is 4.74 Å². The first-order chi connectivity index (χ1) is 10.2. The average molecular weight is 350 g/mol. The summed E-state index contributed by atoms with van der Waals surface area (Å²) in [4.78, 5) is 10.8. The van der Waals surface area contributed by atoms with E-state index in [2.05, 4.69) is 15.9 Å². The molecule has 0 N–H and O–H groups in total. The lowest BCUT2D eigenvalue weighted by atomic mass is 9.71. The summed E-state index contributed by atoms with van der Waals surface area (Å²) in [5.74, 6) is 0.725. The third-order valence-electron chi connectivity index (χ3n) is 4.29. The highest BCUT2D eigenvalue weighted by Gasteiger charge is 2.36. The Labute approximate surface area is 131 Å². The summed E-state index contributed by atoms with van der Waals surface area (Å²) in [5, 5.41) is 13.5. The van der Waals surface area contributed by atoms with Gasteiger partial charge in [0.15, 0.2) is 0 Å². The molecule has 110 valence electrons. The van der Waals surface area contributed by atoms with E-state index in [-0.39, 0.29) is 16.0 Å². The van der Waals surface area contributed by atoms with E-state index in [0.717, 1.165) is 16.5 Å². The minimum atomic E-state index is -0.349. The highest BCUT2D eigenvalue weighted by atomic mass is 79.9. The molecule has 3 rings (SSSR count). The summed E-state index contributed by atoms with van der Waals surface area (Å²) in [6.45, 7) is 0.653. The monoisotopic (exact) mass is 349 g/mol. The van der Waals surface area contributed by atoms with Crippen LogP contribution in [-0.2, 0) is 0 Å². The van der Waals surface area contributed by atoms with Crippen molar-refractivity contribution in [2.75, 3.05) is 11.9 Å². The maximum atomic E-state index is 11.1. The molecule has 2 aromatic carbocycles. The van der Waals surface area contributed by atoms with Crippen molar-refractivity contribution in [1.29, 1.82) is 0 Å². The first-order valence-electron chi connectivity index (χ1n) is 7.00. The van der Waals surface area contributed by atoms with Crippen molar-refractivity contribution < 1.29 is 9.66 Å². The molecule has 0 atom stereocenters. The standard InChI is InChI=1S/C16H16BrNO3/c17-10-16(8-3-9-16)11-21-15-7-6-14(18(19)20)12-4-1-2-5-13(12)15/h1-2,4-7H,3,8-11H2. The van der Waals surface area contributed by atoms with Gasteiger partial charge in [0.05, 0.1) is 16.9 Å². The van der Waals surface area contributed by atoms with E-state index in [1.807, 2.05) is 18.2 Å². The number of hydrogen-bond donors (Lipinski definition) is 0. The predicted octanol–water partition coefficient (Wildman–Crippen LogP) is 4.69. The van der Waals surface area contributed by atoms with Crippen LogP contribution in [0.5, 0.6) is 5.75 Å².